The first kappa shape index (κ1) is 22.7. The lowest BCUT2D eigenvalue weighted by atomic mass is 9.98. The lowest BCUT2D eigenvalue weighted by Gasteiger charge is -2.26. The van der Waals surface area contributed by atoms with E-state index in [2.05, 4.69) is 107 Å². The van der Waals surface area contributed by atoms with Gasteiger partial charge in [-0.05, 0) is 67.1 Å². The number of nitrogens with one attached hydrogen (secondary N) is 1. The minimum Gasteiger partial charge on any atom is -0.460 e. The molecule has 2 aromatic heterocycles. The Labute approximate surface area is 231 Å². The van der Waals surface area contributed by atoms with Crippen molar-refractivity contribution in [3.63, 3.8) is 0 Å². The Morgan fingerprint density at radius 1 is 0.600 bits per heavy atom. The number of para-hydroxylation sites is 3. The number of benzene rings is 5. The molecule has 0 fully saturated rings. The van der Waals surface area contributed by atoms with E-state index in [0.717, 1.165) is 80.0 Å². The van der Waals surface area contributed by atoms with Crippen LogP contribution in [0.2, 0.25) is 0 Å². The van der Waals surface area contributed by atoms with Gasteiger partial charge < -0.3 is 19.1 Å². The molecule has 0 bridgehead atoms. The van der Waals surface area contributed by atoms with Crippen molar-refractivity contribution in [3.05, 3.63) is 139 Å². The van der Waals surface area contributed by atoms with Gasteiger partial charge in [0.15, 0.2) is 0 Å². The smallest absolute Gasteiger partial charge is 0.137 e. The monoisotopic (exact) mass is 518 g/mol. The Bertz CT molecular complexity index is 1990. The fourth-order valence-corrected chi connectivity index (χ4v) is 5.94. The van der Waals surface area contributed by atoms with Crippen molar-refractivity contribution in [2.75, 3.05) is 10.2 Å². The van der Waals surface area contributed by atoms with Gasteiger partial charge in [-0.3, -0.25) is 0 Å². The summed E-state index contributed by atoms with van der Waals surface area (Å²) in [5.41, 5.74) is 9.19. The summed E-state index contributed by atoms with van der Waals surface area (Å²) in [6.45, 7) is 0. The summed E-state index contributed by atoms with van der Waals surface area (Å²) in [6, 6.07) is 41.9. The van der Waals surface area contributed by atoms with Crippen molar-refractivity contribution in [1.29, 1.82) is 0 Å². The number of aryl methyl sites for hydroxylation is 1. The largest absolute Gasteiger partial charge is 0.460 e. The van der Waals surface area contributed by atoms with Crippen LogP contribution in [0, 0.1) is 0 Å². The topological polar surface area (TPSA) is 41.6 Å². The third kappa shape index (κ3) is 3.69. The van der Waals surface area contributed by atoms with Gasteiger partial charge in [0.1, 0.15) is 22.5 Å². The van der Waals surface area contributed by atoms with Crippen LogP contribution in [-0.2, 0) is 6.42 Å². The van der Waals surface area contributed by atoms with E-state index < -0.39 is 0 Å². The van der Waals surface area contributed by atoms with Crippen LogP contribution in [0.5, 0.6) is 0 Å². The van der Waals surface area contributed by atoms with Crippen molar-refractivity contribution >= 4 is 61.4 Å². The van der Waals surface area contributed by atoms with Gasteiger partial charge in [-0.15, -0.1) is 0 Å². The van der Waals surface area contributed by atoms with Gasteiger partial charge in [-0.25, -0.2) is 0 Å². The fraction of sp³-hybridized carbons (Fsp3) is 0.0556. The summed E-state index contributed by atoms with van der Waals surface area (Å²) in [6.07, 6.45) is 4.14. The van der Waals surface area contributed by atoms with Crippen LogP contribution >= 0.6 is 0 Å². The normalized spacial score (nSPS) is 12.9. The molecule has 2 heterocycles. The molecule has 0 aliphatic heterocycles. The molecule has 0 unspecified atom stereocenters. The Kier molecular flexibility index (Phi) is 5.23. The standard InChI is InChI=1S/C36H26N2O2/c1-3-11-25(12-4-1)38(26-13-5-2-6-14-26)30-17-10-20-34-36(30)28-23-24(21-22-32(28)40-34)37-29-16-9-19-33-35(29)27-15-7-8-18-31(27)39-33/h1-8,10-18,20-23,37H,9,19H2. The maximum Gasteiger partial charge on any atom is 0.137 e. The molecule has 5 aromatic carbocycles. The van der Waals surface area contributed by atoms with Crippen LogP contribution in [0.1, 0.15) is 17.7 Å². The second-order valence-electron chi connectivity index (χ2n) is 10.1. The van der Waals surface area contributed by atoms with Gasteiger partial charge >= 0.3 is 0 Å². The molecule has 0 saturated carbocycles. The molecule has 7 aromatic rings. The molecule has 4 nitrogen and oxygen atoms in total. The predicted molar refractivity (Wildman–Crippen MR) is 165 cm³/mol. The van der Waals surface area contributed by atoms with E-state index in [4.69, 9.17) is 8.83 Å². The van der Waals surface area contributed by atoms with Crippen molar-refractivity contribution in [2.45, 2.75) is 12.8 Å². The Morgan fingerprint density at radius 3 is 2.10 bits per heavy atom. The van der Waals surface area contributed by atoms with Crippen molar-refractivity contribution in [2.24, 2.45) is 0 Å². The maximum atomic E-state index is 6.38. The van der Waals surface area contributed by atoms with E-state index in [1.165, 1.54) is 5.56 Å². The number of hydrogen-bond donors (Lipinski definition) is 1. The SMILES string of the molecule is C1=C(Nc2ccc3oc4cccc(N(c5ccccc5)c5ccccc5)c4c3c2)c2c(oc3ccccc23)CC1. The second kappa shape index (κ2) is 9.21. The summed E-state index contributed by atoms with van der Waals surface area (Å²) >= 11 is 0. The van der Waals surface area contributed by atoms with E-state index >= 15 is 0 Å². The third-order valence-corrected chi connectivity index (χ3v) is 7.68. The van der Waals surface area contributed by atoms with E-state index in [-0.39, 0.29) is 0 Å². The molecule has 4 heteroatoms. The lowest BCUT2D eigenvalue weighted by Crippen LogP contribution is -2.10. The number of nitrogens with zero attached hydrogens (tertiary/aromatic N) is 1. The minimum absolute atomic E-state index is 0.862. The highest BCUT2D eigenvalue weighted by atomic mass is 16.3. The van der Waals surface area contributed by atoms with E-state index in [1.807, 2.05) is 30.3 Å². The minimum atomic E-state index is 0.862. The zero-order valence-corrected chi connectivity index (χ0v) is 21.8. The van der Waals surface area contributed by atoms with Crippen LogP contribution in [0.3, 0.4) is 0 Å². The van der Waals surface area contributed by atoms with Gasteiger partial charge in [-0.2, -0.15) is 0 Å². The van der Waals surface area contributed by atoms with Crippen LogP contribution in [0.4, 0.5) is 22.7 Å². The molecule has 0 amide bonds. The molecular formula is C36H26N2O2. The molecule has 1 N–H and O–H groups in total. The molecule has 192 valence electrons. The molecule has 0 atom stereocenters. The summed E-state index contributed by atoms with van der Waals surface area (Å²) in [5, 5.41) is 7.02. The predicted octanol–water partition coefficient (Wildman–Crippen LogP) is 10.2. The van der Waals surface area contributed by atoms with Gasteiger partial charge in [0, 0.05) is 45.5 Å². The lowest BCUT2D eigenvalue weighted by molar-refractivity contribution is 0.545. The quantitative estimate of drug-likeness (QED) is 0.246. The third-order valence-electron chi connectivity index (χ3n) is 7.68. The first-order valence-electron chi connectivity index (χ1n) is 13.7. The average molecular weight is 519 g/mol. The molecule has 0 spiro atoms. The van der Waals surface area contributed by atoms with Gasteiger partial charge in [0.05, 0.1) is 11.1 Å². The first-order valence-corrected chi connectivity index (χ1v) is 13.7. The fourth-order valence-electron chi connectivity index (χ4n) is 5.94. The molecule has 8 rings (SSSR count). The van der Waals surface area contributed by atoms with Gasteiger partial charge in [-0.1, -0.05) is 66.7 Å². The summed E-state index contributed by atoms with van der Waals surface area (Å²) in [7, 11) is 0. The highest BCUT2D eigenvalue weighted by Gasteiger charge is 2.22. The second-order valence-corrected chi connectivity index (χ2v) is 10.1. The Hall–Kier alpha value is -5.22. The molecule has 40 heavy (non-hydrogen) atoms. The van der Waals surface area contributed by atoms with Crippen LogP contribution in [0.25, 0.3) is 38.6 Å². The number of rotatable bonds is 5. The number of allylic oxidation sites excluding steroid dienone is 1. The van der Waals surface area contributed by atoms with E-state index in [1.54, 1.807) is 0 Å². The number of fused-ring (bicyclic) bond motifs is 6. The van der Waals surface area contributed by atoms with Crippen molar-refractivity contribution in [1.82, 2.24) is 0 Å². The number of hydrogen-bond acceptors (Lipinski definition) is 4. The molecule has 0 saturated heterocycles. The number of furan rings is 2. The van der Waals surface area contributed by atoms with Crippen LogP contribution in [0.15, 0.2) is 136 Å². The molecule has 1 aliphatic rings. The van der Waals surface area contributed by atoms with Gasteiger partial charge in [0.25, 0.3) is 0 Å². The Balaban J connectivity index is 1.28. The zero-order valence-electron chi connectivity index (χ0n) is 21.8. The van der Waals surface area contributed by atoms with Crippen molar-refractivity contribution < 1.29 is 8.83 Å². The summed E-state index contributed by atoms with van der Waals surface area (Å²) in [4.78, 5) is 2.30. The number of anilines is 4. The molecular weight excluding hydrogens is 492 g/mol. The van der Waals surface area contributed by atoms with Crippen LogP contribution in [-0.4, -0.2) is 0 Å². The highest BCUT2D eigenvalue weighted by Crippen LogP contribution is 2.43. The molecule has 1 aliphatic carbocycles. The zero-order chi connectivity index (χ0) is 26.5. The molecule has 0 radical (unpaired) electrons. The highest BCUT2D eigenvalue weighted by molar-refractivity contribution is 6.14. The first-order chi connectivity index (χ1) is 19.8. The van der Waals surface area contributed by atoms with Crippen molar-refractivity contribution in [3.8, 4) is 0 Å². The summed E-state index contributed by atoms with van der Waals surface area (Å²) in [5.74, 6) is 1.05. The average Bonchev–Trinajstić information content (AvgIpc) is 3.58. The van der Waals surface area contributed by atoms with Crippen LogP contribution < -0.4 is 10.2 Å². The Morgan fingerprint density at radius 2 is 1.30 bits per heavy atom. The van der Waals surface area contributed by atoms with E-state index in [0.29, 0.717) is 0 Å². The van der Waals surface area contributed by atoms with Gasteiger partial charge in [0.2, 0.25) is 0 Å². The summed E-state index contributed by atoms with van der Waals surface area (Å²) < 4.78 is 12.6. The maximum absolute atomic E-state index is 6.38. The van der Waals surface area contributed by atoms with E-state index in [9.17, 15) is 0 Å².